The number of rotatable bonds is 5. The van der Waals surface area contributed by atoms with E-state index >= 15 is 0 Å². The number of benzene rings is 1. The van der Waals surface area contributed by atoms with Crippen molar-refractivity contribution in [3.05, 3.63) is 35.4 Å². The first kappa shape index (κ1) is 15.2. The molecular weight excluding hydrogens is 242 g/mol. The fourth-order valence-corrected chi connectivity index (χ4v) is 1.45. The van der Waals surface area contributed by atoms with Crippen molar-refractivity contribution >= 4 is 11.9 Å². The zero-order valence-corrected chi connectivity index (χ0v) is 11.9. The van der Waals surface area contributed by atoms with Crippen LogP contribution in [0.4, 0.5) is 0 Å². The van der Waals surface area contributed by atoms with E-state index < -0.39 is 5.97 Å². The van der Waals surface area contributed by atoms with Gasteiger partial charge in [-0.1, -0.05) is 31.5 Å². The molecule has 0 radical (unpaired) electrons. The Kier molecular flexibility index (Phi) is 5.55. The number of ether oxygens (including phenoxy) is 1. The quantitative estimate of drug-likeness (QED) is 0.829. The van der Waals surface area contributed by atoms with E-state index in [0.717, 1.165) is 5.56 Å². The van der Waals surface area contributed by atoms with Crippen LogP contribution in [0.3, 0.4) is 0 Å². The van der Waals surface area contributed by atoms with Gasteiger partial charge in [0.2, 0.25) is 0 Å². The number of nitrogens with one attached hydrogen (secondary N) is 1. The highest BCUT2D eigenvalue weighted by Crippen LogP contribution is 2.05. The van der Waals surface area contributed by atoms with Gasteiger partial charge in [0.05, 0.1) is 5.56 Å². The highest BCUT2D eigenvalue weighted by molar-refractivity contribution is 5.91. The van der Waals surface area contributed by atoms with Crippen LogP contribution in [-0.4, -0.2) is 24.5 Å². The van der Waals surface area contributed by atoms with E-state index in [1.165, 1.54) is 0 Å². The highest BCUT2D eigenvalue weighted by Gasteiger charge is 2.13. The summed E-state index contributed by atoms with van der Waals surface area (Å²) in [5.41, 5.74) is 1.44. The van der Waals surface area contributed by atoms with Crippen LogP contribution < -0.4 is 5.32 Å². The van der Waals surface area contributed by atoms with Crippen molar-refractivity contribution in [2.45, 2.75) is 33.7 Å². The molecule has 1 N–H and O–H groups in total. The number of hydrogen-bond donors (Lipinski definition) is 1. The molecule has 1 aromatic carbocycles. The third-order valence-corrected chi connectivity index (χ3v) is 2.98. The average molecular weight is 263 g/mol. The lowest BCUT2D eigenvalue weighted by molar-refractivity contribution is -0.125. The molecular formula is C15H21NO3. The van der Waals surface area contributed by atoms with E-state index in [0.29, 0.717) is 11.5 Å². The minimum Gasteiger partial charge on any atom is -0.452 e. The summed E-state index contributed by atoms with van der Waals surface area (Å²) in [5.74, 6) is -0.408. The summed E-state index contributed by atoms with van der Waals surface area (Å²) >= 11 is 0. The molecule has 1 amide bonds. The zero-order chi connectivity index (χ0) is 14.4. The summed E-state index contributed by atoms with van der Waals surface area (Å²) in [4.78, 5) is 23.3. The Bertz CT molecular complexity index is 454. The van der Waals surface area contributed by atoms with E-state index in [1.54, 1.807) is 18.2 Å². The van der Waals surface area contributed by atoms with Crippen LogP contribution in [0.15, 0.2) is 24.3 Å². The maximum atomic E-state index is 11.7. The van der Waals surface area contributed by atoms with Crippen LogP contribution in [0.25, 0.3) is 0 Å². The van der Waals surface area contributed by atoms with E-state index in [4.69, 9.17) is 4.74 Å². The number of amides is 1. The average Bonchev–Trinajstić information content (AvgIpc) is 2.35. The van der Waals surface area contributed by atoms with Crippen molar-refractivity contribution < 1.29 is 14.3 Å². The van der Waals surface area contributed by atoms with Crippen molar-refractivity contribution in [2.24, 2.45) is 5.92 Å². The standard InChI is InChI=1S/C15H21NO3/c1-10(2)12(4)16-14(17)9-19-15(18)13-7-5-6-11(3)8-13/h5-8,10,12H,9H2,1-4H3,(H,16,17)/t12-/m1/s1. The minimum atomic E-state index is -0.476. The van der Waals surface area contributed by atoms with Gasteiger partial charge in [0.1, 0.15) is 0 Å². The second kappa shape index (κ2) is 6.92. The van der Waals surface area contributed by atoms with Crippen LogP contribution >= 0.6 is 0 Å². The molecule has 0 spiro atoms. The Morgan fingerprint density at radius 3 is 2.53 bits per heavy atom. The van der Waals surface area contributed by atoms with E-state index in [9.17, 15) is 9.59 Å². The van der Waals surface area contributed by atoms with Crippen molar-refractivity contribution in [2.75, 3.05) is 6.61 Å². The fourth-order valence-electron chi connectivity index (χ4n) is 1.45. The fraction of sp³-hybridized carbons (Fsp3) is 0.467. The number of aryl methyl sites for hydroxylation is 1. The molecule has 0 saturated heterocycles. The lowest BCUT2D eigenvalue weighted by atomic mass is 10.1. The van der Waals surface area contributed by atoms with Gasteiger partial charge in [0.25, 0.3) is 5.91 Å². The molecule has 4 nitrogen and oxygen atoms in total. The molecule has 104 valence electrons. The summed E-state index contributed by atoms with van der Waals surface area (Å²) < 4.78 is 4.97. The van der Waals surface area contributed by atoms with Gasteiger partial charge in [-0.3, -0.25) is 4.79 Å². The van der Waals surface area contributed by atoms with Gasteiger partial charge < -0.3 is 10.1 Å². The second-order valence-corrected chi connectivity index (χ2v) is 5.05. The number of esters is 1. The molecule has 0 aliphatic rings. The molecule has 0 aliphatic heterocycles. The predicted octanol–water partition coefficient (Wildman–Crippen LogP) is 2.31. The number of hydrogen-bond acceptors (Lipinski definition) is 3. The van der Waals surface area contributed by atoms with Gasteiger partial charge in [0.15, 0.2) is 6.61 Å². The minimum absolute atomic E-state index is 0.0603. The topological polar surface area (TPSA) is 55.4 Å². The van der Waals surface area contributed by atoms with Gasteiger partial charge in [-0.15, -0.1) is 0 Å². The third kappa shape index (κ3) is 5.12. The molecule has 0 unspecified atom stereocenters. The molecule has 0 aliphatic carbocycles. The molecule has 0 aromatic heterocycles. The zero-order valence-electron chi connectivity index (χ0n) is 11.9. The van der Waals surface area contributed by atoms with Crippen LogP contribution in [0.1, 0.15) is 36.7 Å². The highest BCUT2D eigenvalue weighted by atomic mass is 16.5. The first-order valence-electron chi connectivity index (χ1n) is 6.43. The second-order valence-electron chi connectivity index (χ2n) is 5.05. The summed E-state index contributed by atoms with van der Waals surface area (Å²) in [6.45, 7) is 7.61. The molecule has 0 heterocycles. The largest absolute Gasteiger partial charge is 0.452 e. The van der Waals surface area contributed by atoms with Gasteiger partial charge in [-0.2, -0.15) is 0 Å². The SMILES string of the molecule is Cc1cccc(C(=O)OCC(=O)N[C@H](C)C(C)C)c1. The van der Waals surface area contributed by atoms with Crippen molar-refractivity contribution in [3.8, 4) is 0 Å². The Labute approximate surface area is 114 Å². The Hall–Kier alpha value is -1.84. The summed E-state index contributed by atoms with van der Waals surface area (Å²) in [5, 5.41) is 2.78. The van der Waals surface area contributed by atoms with Crippen LogP contribution in [0.5, 0.6) is 0 Å². The first-order valence-corrected chi connectivity index (χ1v) is 6.43. The van der Waals surface area contributed by atoms with Crippen LogP contribution in [-0.2, 0) is 9.53 Å². The van der Waals surface area contributed by atoms with Gasteiger partial charge >= 0.3 is 5.97 Å². The normalized spacial score (nSPS) is 12.1. The van der Waals surface area contributed by atoms with Crippen LogP contribution in [0, 0.1) is 12.8 Å². The summed E-state index contributed by atoms with van der Waals surface area (Å²) in [6.07, 6.45) is 0. The summed E-state index contributed by atoms with van der Waals surface area (Å²) in [7, 11) is 0. The summed E-state index contributed by atoms with van der Waals surface area (Å²) in [6, 6.07) is 7.15. The monoisotopic (exact) mass is 263 g/mol. The van der Waals surface area contributed by atoms with Crippen molar-refractivity contribution in [1.29, 1.82) is 0 Å². The smallest absolute Gasteiger partial charge is 0.338 e. The molecule has 4 heteroatoms. The molecule has 1 aromatic rings. The molecule has 0 bridgehead atoms. The molecule has 19 heavy (non-hydrogen) atoms. The lowest BCUT2D eigenvalue weighted by Gasteiger charge is -2.17. The molecule has 0 fully saturated rings. The molecule has 0 saturated carbocycles. The Morgan fingerprint density at radius 2 is 1.95 bits per heavy atom. The Morgan fingerprint density at radius 1 is 1.26 bits per heavy atom. The van der Waals surface area contributed by atoms with E-state index in [2.05, 4.69) is 5.32 Å². The lowest BCUT2D eigenvalue weighted by Crippen LogP contribution is -2.38. The van der Waals surface area contributed by atoms with Gasteiger partial charge in [-0.25, -0.2) is 4.79 Å². The van der Waals surface area contributed by atoms with E-state index in [-0.39, 0.29) is 18.6 Å². The maximum absolute atomic E-state index is 11.7. The van der Waals surface area contributed by atoms with E-state index in [1.807, 2.05) is 33.8 Å². The maximum Gasteiger partial charge on any atom is 0.338 e. The van der Waals surface area contributed by atoms with Gasteiger partial charge in [-0.05, 0) is 31.9 Å². The van der Waals surface area contributed by atoms with Crippen LogP contribution in [0.2, 0.25) is 0 Å². The Balaban J connectivity index is 2.44. The van der Waals surface area contributed by atoms with Crippen molar-refractivity contribution in [3.63, 3.8) is 0 Å². The third-order valence-electron chi connectivity index (χ3n) is 2.98. The van der Waals surface area contributed by atoms with Crippen molar-refractivity contribution in [1.82, 2.24) is 5.32 Å². The number of carbonyl (C=O) groups is 2. The molecule has 1 rings (SSSR count). The predicted molar refractivity (Wildman–Crippen MR) is 73.9 cm³/mol. The first-order chi connectivity index (χ1) is 8.90. The molecule has 1 atom stereocenters. The van der Waals surface area contributed by atoms with Gasteiger partial charge in [0, 0.05) is 6.04 Å². The number of carbonyl (C=O) groups excluding carboxylic acids is 2.